The first-order valence-electron chi connectivity index (χ1n) is 2.37. The third-order valence-electron chi connectivity index (χ3n) is 0.597. The zero-order valence-corrected chi connectivity index (χ0v) is 6.84. The summed E-state index contributed by atoms with van der Waals surface area (Å²) in [4.78, 5) is 0. The largest absolute Gasteiger partial charge is 0.131 e. The van der Waals surface area contributed by atoms with Crippen LogP contribution in [0.1, 0.15) is 20.8 Å². The number of hydrogen-bond donors (Lipinski definition) is 0. The van der Waals surface area contributed by atoms with Crippen molar-refractivity contribution in [1.29, 1.82) is 0 Å². The van der Waals surface area contributed by atoms with Gasteiger partial charge in [-0.3, -0.25) is 0 Å². The van der Waals surface area contributed by atoms with Crippen molar-refractivity contribution in [3.05, 3.63) is 0 Å². The van der Waals surface area contributed by atoms with Gasteiger partial charge < -0.3 is 0 Å². The van der Waals surface area contributed by atoms with Gasteiger partial charge in [-0.2, -0.15) is 0 Å². The second kappa shape index (κ2) is 2.73. The summed E-state index contributed by atoms with van der Waals surface area (Å²) in [5, 5.41) is 0.446. The molecule has 0 bridgehead atoms. The summed E-state index contributed by atoms with van der Waals surface area (Å²) in [6, 6.07) is 0. The number of halogens is 1. The van der Waals surface area contributed by atoms with E-state index in [1.807, 2.05) is 0 Å². The van der Waals surface area contributed by atoms with E-state index in [9.17, 15) is 0 Å². The average Bonchev–Trinajstić information content (AvgIpc) is 1.30. The number of hydrogen-bond acceptors (Lipinski definition) is 0. The molecule has 0 fully saturated rings. The molecule has 0 N–H and O–H groups in total. The van der Waals surface area contributed by atoms with Crippen LogP contribution in [0, 0.1) is 0 Å². The lowest BCUT2D eigenvalue weighted by Crippen LogP contribution is -2.08. The maximum absolute atomic E-state index is 5.50. The van der Waals surface area contributed by atoms with Gasteiger partial charge in [-0.25, -0.2) is 0 Å². The molecule has 0 unspecified atom stereocenters. The third-order valence-corrected chi connectivity index (χ3v) is 2.19. The van der Waals surface area contributed by atoms with Gasteiger partial charge in [0, 0.05) is 5.50 Å². The van der Waals surface area contributed by atoms with Crippen LogP contribution in [0.2, 0.25) is 5.04 Å². The molecule has 0 nitrogen and oxygen atoms in total. The Kier molecular flexibility index (Phi) is 2.92. The summed E-state index contributed by atoms with van der Waals surface area (Å²) >= 11 is 5.50. The van der Waals surface area contributed by atoms with E-state index in [0.717, 1.165) is 15.0 Å². The molecule has 0 aromatic carbocycles. The maximum Gasteiger partial charge on any atom is 0.0640 e. The minimum absolute atomic E-state index is 0.446. The Balaban J connectivity index is 3.15. The van der Waals surface area contributed by atoms with Gasteiger partial charge in [0.2, 0.25) is 0 Å². The van der Waals surface area contributed by atoms with Gasteiger partial charge in [0.25, 0.3) is 0 Å². The van der Waals surface area contributed by atoms with Crippen LogP contribution < -0.4 is 0 Å². The highest BCUT2D eigenvalue weighted by Crippen LogP contribution is 2.19. The molecule has 0 spiro atoms. The monoisotopic (exact) mass is 134 g/mol. The van der Waals surface area contributed by atoms with E-state index < -0.39 is 0 Å². The fourth-order valence-corrected chi connectivity index (χ4v) is 1.80. The van der Waals surface area contributed by atoms with Crippen LogP contribution >= 0.6 is 11.6 Å². The van der Waals surface area contributed by atoms with Crippen molar-refractivity contribution in [2.24, 2.45) is 0 Å². The molecule has 0 saturated heterocycles. The van der Waals surface area contributed by atoms with Gasteiger partial charge in [0.05, 0.1) is 9.52 Å². The Morgan fingerprint density at radius 2 is 1.86 bits per heavy atom. The summed E-state index contributed by atoms with van der Waals surface area (Å²) in [5.74, 6) is 0. The second-order valence-corrected chi connectivity index (χ2v) is 5.48. The van der Waals surface area contributed by atoms with E-state index in [-0.39, 0.29) is 0 Å². The zero-order chi connectivity index (χ0) is 5.91. The van der Waals surface area contributed by atoms with E-state index >= 15 is 0 Å². The van der Waals surface area contributed by atoms with Crippen molar-refractivity contribution >= 4 is 21.1 Å². The minimum atomic E-state index is 0.446. The molecule has 0 aliphatic carbocycles. The fraction of sp³-hybridized carbons (Fsp3) is 1.00. The lowest BCUT2D eigenvalue weighted by molar-refractivity contribution is 0.755. The first kappa shape index (κ1) is 7.51. The molecule has 0 saturated carbocycles. The van der Waals surface area contributed by atoms with Gasteiger partial charge in [-0.15, -0.1) is 11.6 Å². The van der Waals surface area contributed by atoms with E-state index in [1.165, 1.54) is 0 Å². The predicted molar refractivity (Wildman–Crippen MR) is 36.2 cm³/mol. The Bertz CT molecular complexity index is 46.5. The molecule has 0 aromatic heterocycles. The van der Waals surface area contributed by atoms with E-state index in [4.69, 9.17) is 11.6 Å². The zero-order valence-electron chi connectivity index (χ0n) is 5.09. The summed E-state index contributed by atoms with van der Waals surface area (Å²) < 4.78 is 0. The van der Waals surface area contributed by atoms with Crippen LogP contribution in [0.4, 0.5) is 0 Å². The molecule has 2 heteroatoms. The Labute approximate surface area is 53.1 Å². The highest BCUT2D eigenvalue weighted by molar-refractivity contribution is 6.52. The van der Waals surface area contributed by atoms with E-state index in [1.54, 1.807) is 0 Å². The molecule has 0 atom stereocenters. The van der Waals surface area contributed by atoms with Crippen LogP contribution in [-0.2, 0) is 0 Å². The van der Waals surface area contributed by atoms with E-state index in [0.29, 0.717) is 5.04 Å². The molecule has 42 valence electrons. The molecule has 0 heterocycles. The maximum atomic E-state index is 5.50. The van der Waals surface area contributed by atoms with Crippen molar-refractivity contribution in [2.45, 2.75) is 25.8 Å². The van der Waals surface area contributed by atoms with E-state index in [2.05, 4.69) is 20.8 Å². The fourth-order valence-electron chi connectivity index (χ4n) is 0.200. The molecule has 7 heavy (non-hydrogen) atoms. The first-order chi connectivity index (χ1) is 3.06. The molecule has 0 aliphatic heterocycles. The normalized spacial score (nSPS) is 12.0. The standard InChI is InChI=1S/C5H11ClSi/c1-5(2,3)7-4-6/h4H2,1-3H3. The molecular formula is C5H11ClSi. The van der Waals surface area contributed by atoms with Crippen LogP contribution in [0.25, 0.3) is 0 Å². The first-order valence-corrected chi connectivity index (χ1v) is 4.11. The molecule has 0 amide bonds. The summed E-state index contributed by atoms with van der Waals surface area (Å²) in [6.45, 7) is 6.61. The molecule has 0 aliphatic rings. The van der Waals surface area contributed by atoms with Crippen LogP contribution in [-0.4, -0.2) is 15.0 Å². The topological polar surface area (TPSA) is 0 Å². The number of alkyl halides is 1. The number of rotatable bonds is 1. The van der Waals surface area contributed by atoms with Gasteiger partial charge in [-0.1, -0.05) is 20.8 Å². The Morgan fingerprint density at radius 3 is 1.86 bits per heavy atom. The van der Waals surface area contributed by atoms with Gasteiger partial charge >= 0.3 is 0 Å². The second-order valence-electron chi connectivity index (χ2n) is 2.56. The van der Waals surface area contributed by atoms with Gasteiger partial charge in [0.15, 0.2) is 0 Å². The van der Waals surface area contributed by atoms with Crippen LogP contribution in [0.5, 0.6) is 0 Å². The van der Waals surface area contributed by atoms with Crippen molar-refractivity contribution in [2.75, 3.05) is 5.50 Å². The van der Waals surface area contributed by atoms with Crippen LogP contribution in [0.15, 0.2) is 0 Å². The summed E-state index contributed by atoms with van der Waals surface area (Å²) in [6.07, 6.45) is 0. The quantitative estimate of drug-likeness (QED) is 0.381. The van der Waals surface area contributed by atoms with Gasteiger partial charge in [0.1, 0.15) is 0 Å². The lowest BCUT2D eigenvalue weighted by atomic mass is 10.3. The van der Waals surface area contributed by atoms with Crippen molar-refractivity contribution in [3.63, 3.8) is 0 Å². The summed E-state index contributed by atoms with van der Waals surface area (Å²) in [5.41, 5.74) is 0.809. The highest BCUT2D eigenvalue weighted by Gasteiger charge is 2.08. The van der Waals surface area contributed by atoms with Crippen molar-refractivity contribution < 1.29 is 0 Å². The molecule has 2 radical (unpaired) electrons. The average molecular weight is 135 g/mol. The molecule has 0 rings (SSSR count). The van der Waals surface area contributed by atoms with Crippen molar-refractivity contribution in [3.8, 4) is 0 Å². The predicted octanol–water partition coefficient (Wildman–Crippen LogP) is 2.11. The third kappa shape index (κ3) is 6.51. The Morgan fingerprint density at radius 1 is 1.43 bits per heavy atom. The minimum Gasteiger partial charge on any atom is -0.131 e. The molecule has 0 aromatic rings. The van der Waals surface area contributed by atoms with Crippen LogP contribution in [0.3, 0.4) is 0 Å². The van der Waals surface area contributed by atoms with Gasteiger partial charge in [-0.05, 0) is 5.04 Å². The Hall–Kier alpha value is 0.507. The summed E-state index contributed by atoms with van der Waals surface area (Å²) in [7, 11) is 0.890. The smallest absolute Gasteiger partial charge is 0.0640 e. The van der Waals surface area contributed by atoms with Crippen molar-refractivity contribution in [1.82, 2.24) is 0 Å². The highest BCUT2D eigenvalue weighted by atomic mass is 35.5. The lowest BCUT2D eigenvalue weighted by Gasteiger charge is -2.13. The molecular weight excluding hydrogens is 124 g/mol. The SMILES string of the molecule is CC(C)(C)[Si]CCl.